The van der Waals surface area contributed by atoms with Gasteiger partial charge in [-0.05, 0) is 31.4 Å². The minimum absolute atomic E-state index is 0.0684. The molecule has 1 aromatic carbocycles. The number of carbonyl (C=O) groups excluding carboxylic acids is 2. The molecule has 6 nitrogen and oxygen atoms in total. The number of hydrogen-bond acceptors (Lipinski definition) is 6. The number of nitrogens with zero attached hydrogens (tertiary/aromatic N) is 2. The number of pyridine rings is 1. The van der Waals surface area contributed by atoms with E-state index in [0.29, 0.717) is 23.5 Å². The van der Waals surface area contributed by atoms with Crippen molar-refractivity contribution < 1.29 is 14.7 Å². The van der Waals surface area contributed by atoms with E-state index in [1.807, 2.05) is 37.3 Å². The van der Waals surface area contributed by atoms with Crippen LogP contribution in [0.15, 0.2) is 64.6 Å². The van der Waals surface area contributed by atoms with Gasteiger partial charge >= 0.3 is 0 Å². The smallest absolute Gasteiger partial charge is 0.214 e. The Morgan fingerprint density at radius 2 is 1.97 bits per heavy atom. The predicted molar refractivity (Wildman–Crippen MR) is 117 cm³/mol. The summed E-state index contributed by atoms with van der Waals surface area (Å²) in [4.78, 5) is 30.4. The zero-order valence-corrected chi connectivity index (χ0v) is 17.4. The molecule has 0 saturated heterocycles. The number of benzene rings is 1. The van der Waals surface area contributed by atoms with Crippen molar-refractivity contribution in [1.29, 1.82) is 0 Å². The number of amides is 1. The normalized spacial score (nSPS) is 12.0. The van der Waals surface area contributed by atoms with Crippen LogP contribution in [0.3, 0.4) is 0 Å². The number of allylic oxidation sites excluding steroid dienone is 2. The summed E-state index contributed by atoms with van der Waals surface area (Å²) in [6.45, 7) is 3.86. The molecule has 2 aromatic rings. The lowest BCUT2D eigenvalue weighted by molar-refractivity contribution is -0.116. The molecule has 152 valence electrons. The fraction of sp³-hybridized carbons (Fsp3) is 0.227. The van der Waals surface area contributed by atoms with Crippen molar-refractivity contribution in [2.24, 2.45) is 0 Å². The molecule has 0 aliphatic carbocycles. The molecule has 0 spiro atoms. The van der Waals surface area contributed by atoms with E-state index in [2.05, 4.69) is 4.98 Å². The van der Waals surface area contributed by atoms with Crippen molar-refractivity contribution in [3.8, 4) is 0 Å². The highest BCUT2D eigenvalue weighted by molar-refractivity contribution is 8.05. The number of anilines is 1. The number of aliphatic hydroxyl groups is 1. The van der Waals surface area contributed by atoms with Crippen LogP contribution < -0.4 is 5.73 Å². The average molecular weight is 412 g/mol. The minimum Gasteiger partial charge on any atom is -0.396 e. The highest BCUT2D eigenvalue weighted by Gasteiger charge is 2.13. The van der Waals surface area contributed by atoms with Gasteiger partial charge in [0.15, 0.2) is 5.78 Å². The zero-order chi connectivity index (χ0) is 21.2. The predicted octanol–water partition coefficient (Wildman–Crippen LogP) is 3.67. The van der Waals surface area contributed by atoms with Crippen molar-refractivity contribution in [3.05, 3.63) is 81.4 Å². The van der Waals surface area contributed by atoms with Crippen LogP contribution in [0.4, 0.5) is 5.82 Å². The summed E-state index contributed by atoms with van der Waals surface area (Å²) < 4.78 is 0. The van der Waals surface area contributed by atoms with Crippen molar-refractivity contribution in [1.82, 2.24) is 9.88 Å². The van der Waals surface area contributed by atoms with E-state index in [1.165, 1.54) is 22.7 Å². The van der Waals surface area contributed by atoms with Gasteiger partial charge in [-0.3, -0.25) is 9.59 Å². The summed E-state index contributed by atoms with van der Waals surface area (Å²) >= 11 is 1.31. The molecular formula is C22H25N3O3S. The number of rotatable bonds is 10. The van der Waals surface area contributed by atoms with E-state index in [1.54, 1.807) is 24.5 Å². The Labute approximate surface area is 175 Å². The lowest BCUT2D eigenvalue weighted by Gasteiger charge is -2.22. The molecule has 0 radical (unpaired) electrons. The van der Waals surface area contributed by atoms with Gasteiger partial charge in [-0.1, -0.05) is 36.4 Å². The number of hydrogen-bond donors (Lipinski definition) is 2. The Morgan fingerprint density at radius 1 is 1.24 bits per heavy atom. The quantitative estimate of drug-likeness (QED) is 0.352. The minimum atomic E-state index is -0.107. The number of ketones is 1. The van der Waals surface area contributed by atoms with Gasteiger partial charge in [-0.25, -0.2) is 4.98 Å². The first-order valence-electron chi connectivity index (χ1n) is 9.13. The Hall–Kier alpha value is -2.90. The molecule has 0 fully saturated rings. The second kappa shape index (κ2) is 11.2. The van der Waals surface area contributed by atoms with Crippen LogP contribution in [0.25, 0.3) is 0 Å². The summed E-state index contributed by atoms with van der Waals surface area (Å²) in [5.74, 6) is 0.277. The standard InChI is InChI=1S/C22H25N3O3S/c1-16-8-9-19(22(23)24-16)14-25(15-27)17(2)21(10-12-26)29-13-11-20(28)18-6-4-3-5-7-18/h3-9,11,13,15,26H,10,12,14H2,1-2H3,(H2,23,24). The third-order valence-electron chi connectivity index (χ3n) is 4.28. The molecule has 0 aliphatic heterocycles. The maximum absolute atomic E-state index is 12.2. The van der Waals surface area contributed by atoms with Crippen molar-refractivity contribution in [2.75, 3.05) is 12.3 Å². The molecule has 1 aromatic heterocycles. The Balaban J connectivity index is 2.16. The van der Waals surface area contributed by atoms with E-state index < -0.39 is 0 Å². The van der Waals surface area contributed by atoms with Crippen LogP contribution in [0.5, 0.6) is 0 Å². The van der Waals surface area contributed by atoms with Gasteiger partial charge in [-0.2, -0.15) is 0 Å². The van der Waals surface area contributed by atoms with Crippen molar-refractivity contribution in [3.63, 3.8) is 0 Å². The maximum Gasteiger partial charge on any atom is 0.214 e. The Bertz CT molecular complexity index is 911. The molecule has 0 atom stereocenters. The number of nitrogen functional groups attached to an aromatic ring is 1. The van der Waals surface area contributed by atoms with Crippen LogP contribution in [0.1, 0.15) is 35.0 Å². The van der Waals surface area contributed by atoms with Gasteiger partial charge in [0.05, 0.1) is 6.54 Å². The number of aliphatic hydroxyl groups excluding tert-OH is 1. The van der Waals surface area contributed by atoms with Gasteiger partial charge in [0, 0.05) is 40.5 Å². The van der Waals surface area contributed by atoms with Gasteiger partial charge < -0.3 is 15.7 Å². The van der Waals surface area contributed by atoms with E-state index in [4.69, 9.17) is 5.73 Å². The van der Waals surface area contributed by atoms with E-state index in [0.717, 1.165) is 22.6 Å². The van der Waals surface area contributed by atoms with E-state index in [9.17, 15) is 14.7 Å². The molecule has 29 heavy (non-hydrogen) atoms. The first-order chi connectivity index (χ1) is 14.0. The number of thioether (sulfide) groups is 1. The van der Waals surface area contributed by atoms with Crippen LogP contribution in [-0.4, -0.2) is 33.8 Å². The first kappa shape index (κ1) is 22.4. The van der Waals surface area contributed by atoms with Gasteiger partial charge in [-0.15, -0.1) is 11.8 Å². The highest BCUT2D eigenvalue weighted by Crippen LogP contribution is 2.27. The second-order valence-corrected chi connectivity index (χ2v) is 7.36. The lowest BCUT2D eigenvalue weighted by atomic mass is 10.1. The molecule has 1 heterocycles. The lowest BCUT2D eigenvalue weighted by Crippen LogP contribution is -2.21. The summed E-state index contributed by atoms with van der Waals surface area (Å²) in [6.07, 6.45) is 2.58. The van der Waals surface area contributed by atoms with Crippen molar-refractivity contribution in [2.45, 2.75) is 26.8 Å². The molecule has 7 heteroatoms. The molecule has 0 unspecified atom stereocenters. The molecule has 0 bridgehead atoms. The number of nitrogens with two attached hydrogens (primary N) is 1. The number of aromatic nitrogens is 1. The molecule has 1 amide bonds. The molecule has 0 aliphatic rings. The van der Waals surface area contributed by atoms with E-state index in [-0.39, 0.29) is 18.9 Å². The van der Waals surface area contributed by atoms with Gasteiger partial charge in [0.1, 0.15) is 5.82 Å². The van der Waals surface area contributed by atoms with Gasteiger partial charge in [0.25, 0.3) is 0 Å². The Kier molecular flexibility index (Phi) is 8.64. The third kappa shape index (κ3) is 6.58. The number of aryl methyl sites for hydroxylation is 1. The highest BCUT2D eigenvalue weighted by atomic mass is 32.2. The van der Waals surface area contributed by atoms with E-state index >= 15 is 0 Å². The van der Waals surface area contributed by atoms with Crippen molar-refractivity contribution >= 4 is 29.8 Å². The first-order valence-corrected chi connectivity index (χ1v) is 10.0. The topological polar surface area (TPSA) is 96.5 Å². The fourth-order valence-electron chi connectivity index (χ4n) is 2.62. The van der Waals surface area contributed by atoms with Crippen LogP contribution in [0, 0.1) is 6.92 Å². The largest absolute Gasteiger partial charge is 0.396 e. The Morgan fingerprint density at radius 3 is 2.59 bits per heavy atom. The summed E-state index contributed by atoms with van der Waals surface area (Å²) in [7, 11) is 0. The molecule has 0 saturated carbocycles. The monoisotopic (exact) mass is 411 g/mol. The van der Waals surface area contributed by atoms with Crippen LogP contribution >= 0.6 is 11.8 Å². The second-order valence-electron chi connectivity index (χ2n) is 6.36. The van der Waals surface area contributed by atoms with Crippen LogP contribution in [0.2, 0.25) is 0 Å². The molecule has 2 rings (SSSR count). The van der Waals surface area contributed by atoms with Gasteiger partial charge in [0.2, 0.25) is 6.41 Å². The SMILES string of the molecule is CC(=C(CCO)SC=CC(=O)c1ccccc1)N(C=O)Cc1ccc(C)nc1N. The summed E-state index contributed by atoms with van der Waals surface area (Å²) in [5.41, 5.74) is 8.80. The van der Waals surface area contributed by atoms with Crippen LogP contribution in [-0.2, 0) is 11.3 Å². The maximum atomic E-state index is 12.2. The fourth-order valence-corrected chi connectivity index (χ4v) is 3.47. The summed E-state index contributed by atoms with van der Waals surface area (Å²) in [5, 5.41) is 11.1. The molecular weight excluding hydrogens is 386 g/mol. The average Bonchev–Trinajstić information content (AvgIpc) is 2.72. The summed E-state index contributed by atoms with van der Waals surface area (Å²) in [6, 6.07) is 12.7. The zero-order valence-electron chi connectivity index (χ0n) is 16.5. The third-order valence-corrected chi connectivity index (χ3v) is 5.34. The molecule has 3 N–H and O–H groups in total. The number of carbonyl (C=O) groups is 2.